The van der Waals surface area contributed by atoms with E-state index in [9.17, 15) is 0 Å². The van der Waals surface area contributed by atoms with Crippen LogP contribution in [0.1, 0.15) is 5.56 Å². The van der Waals surface area contributed by atoms with Crippen molar-refractivity contribution >= 4 is 53.7 Å². The molecule has 0 fully saturated rings. The molecular formula is C23H17NS. The molecule has 2 heteroatoms. The molecule has 4 aromatic carbocycles. The number of benzene rings is 4. The molecule has 0 aliphatic rings. The molecule has 1 heterocycles. The molecule has 0 unspecified atom stereocenters. The summed E-state index contributed by atoms with van der Waals surface area (Å²) in [5.74, 6) is 0. The molecule has 1 aromatic heterocycles. The highest BCUT2D eigenvalue weighted by Crippen LogP contribution is 2.38. The second kappa shape index (κ2) is 5.61. The summed E-state index contributed by atoms with van der Waals surface area (Å²) in [5.41, 5.74) is 3.53. The Morgan fingerprint density at radius 3 is 2.12 bits per heavy atom. The van der Waals surface area contributed by atoms with Crippen molar-refractivity contribution in [3.8, 4) is 0 Å². The number of hydrogen-bond acceptors (Lipinski definition) is 2. The number of fused-ring (bicyclic) bond motifs is 4. The second-order valence-corrected chi connectivity index (χ2v) is 7.58. The average Bonchev–Trinajstić information content (AvgIpc) is 2.98. The number of aryl methyl sites for hydroxylation is 1. The summed E-state index contributed by atoms with van der Waals surface area (Å²) in [6, 6.07) is 28.4. The Hall–Kier alpha value is -2.84. The summed E-state index contributed by atoms with van der Waals surface area (Å²) >= 11 is 1.86. The zero-order valence-corrected chi connectivity index (χ0v) is 14.7. The molecule has 5 rings (SSSR count). The maximum atomic E-state index is 3.51. The largest absolute Gasteiger partial charge is 0.355 e. The SMILES string of the molecule is Cc1ccc(Nc2ccc3c(c2)sc2cc4ccccc4cc23)cc1. The van der Waals surface area contributed by atoms with Crippen molar-refractivity contribution in [1.82, 2.24) is 0 Å². The fourth-order valence-electron chi connectivity index (χ4n) is 3.34. The Balaban J connectivity index is 1.62. The first-order chi connectivity index (χ1) is 12.3. The van der Waals surface area contributed by atoms with Crippen LogP contribution in [-0.2, 0) is 0 Å². The molecule has 0 bridgehead atoms. The molecule has 1 nitrogen and oxygen atoms in total. The van der Waals surface area contributed by atoms with Gasteiger partial charge < -0.3 is 5.32 Å². The van der Waals surface area contributed by atoms with Gasteiger partial charge in [0, 0.05) is 31.5 Å². The quantitative estimate of drug-likeness (QED) is 0.357. The van der Waals surface area contributed by atoms with Crippen LogP contribution in [0, 0.1) is 6.92 Å². The van der Waals surface area contributed by atoms with Crippen LogP contribution in [0.15, 0.2) is 78.9 Å². The molecule has 0 amide bonds. The van der Waals surface area contributed by atoms with Crippen molar-refractivity contribution in [1.29, 1.82) is 0 Å². The molecule has 0 radical (unpaired) electrons. The van der Waals surface area contributed by atoms with Crippen LogP contribution in [0.25, 0.3) is 30.9 Å². The standard InChI is InChI=1S/C23H17NS/c1-15-6-8-18(9-7-15)24-19-10-11-20-21-12-16-4-2-3-5-17(16)13-22(21)25-23(20)14-19/h2-14,24H,1H3. The van der Waals surface area contributed by atoms with Gasteiger partial charge in [0.25, 0.3) is 0 Å². The molecule has 0 atom stereocenters. The van der Waals surface area contributed by atoms with Gasteiger partial charge in [-0.15, -0.1) is 11.3 Å². The Morgan fingerprint density at radius 2 is 1.32 bits per heavy atom. The molecule has 0 saturated heterocycles. The van der Waals surface area contributed by atoms with Gasteiger partial charge in [0.05, 0.1) is 0 Å². The van der Waals surface area contributed by atoms with E-state index in [0.717, 1.165) is 11.4 Å². The maximum absolute atomic E-state index is 3.51. The minimum Gasteiger partial charge on any atom is -0.355 e. The van der Waals surface area contributed by atoms with E-state index >= 15 is 0 Å². The first kappa shape index (κ1) is 14.5. The van der Waals surface area contributed by atoms with Gasteiger partial charge in [-0.05, 0) is 54.1 Å². The average molecular weight is 339 g/mol. The van der Waals surface area contributed by atoms with E-state index in [2.05, 4.69) is 91.1 Å². The highest BCUT2D eigenvalue weighted by Gasteiger charge is 2.07. The van der Waals surface area contributed by atoms with Crippen LogP contribution in [0.4, 0.5) is 11.4 Å². The molecule has 25 heavy (non-hydrogen) atoms. The van der Waals surface area contributed by atoms with Crippen molar-refractivity contribution in [3.05, 3.63) is 84.4 Å². The normalized spacial score (nSPS) is 11.4. The zero-order valence-electron chi connectivity index (χ0n) is 13.9. The van der Waals surface area contributed by atoms with Gasteiger partial charge in [-0.1, -0.05) is 48.0 Å². The highest BCUT2D eigenvalue weighted by atomic mass is 32.1. The van der Waals surface area contributed by atoms with Crippen molar-refractivity contribution in [3.63, 3.8) is 0 Å². The summed E-state index contributed by atoms with van der Waals surface area (Å²) in [7, 11) is 0. The lowest BCUT2D eigenvalue weighted by Crippen LogP contribution is -1.89. The summed E-state index contributed by atoms with van der Waals surface area (Å²) in [5, 5.41) is 8.80. The van der Waals surface area contributed by atoms with Gasteiger partial charge in [0.1, 0.15) is 0 Å². The maximum Gasteiger partial charge on any atom is 0.0398 e. The Morgan fingerprint density at radius 1 is 0.640 bits per heavy atom. The van der Waals surface area contributed by atoms with Crippen LogP contribution < -0.4 is 5.32 Å². The van der Waals surface area contributed by atoms with Gasteiger partial charge in [-0.3, -0.25) is 0 Å². The molecule has 0 aliphatic heterocycles. The van der Waals surface area contributed by atoms with E-state index in [0.29, 0.717) is 0 Å². The third-order valence-electron chi connectivity index (χ3n) is 4.68. The number of anilines is 2. The zero-order chi connectivity index (χ0) is 16.8. The minimum absolute atomic E-state index is 1.12. The smallest absolute Gasteiger partial charge is 0.0398 e. The molecule has 0 spiro atoms. The van der Waals surface area contributed by atoms with Gasteiger partial charge in [-0.25, -0.2) is 0 Å². The van der Waals surface area contributed by atoms with Crippen LogP contribution in [0.3, 0.4) is 0 Å². The lowest BCUT2D eigenvalue weighted by molar-refractivity contribution is 1.46. The van der Waals surface area contributed by atoms with Crippen molar-refractivity contribution < 1.29 is 0 Å². The lowest BCUT2D eigenvalue weighted by atomic mass is 10.1. The number of nitrogens with one attached hydrogen (secondary N) is 1. The predicted molar refractivity (Wildman–Crippen MR) is 111 cm³/mol. The molecule has 1 N–H and O–H groups in total. The van der Waals surface area contributed by atoms with E-state index < -0.39 is 0 Å². The Bertz CT molecular complexity index is 1220. The Labute approximate surface area is 150 Å². The molecular weight excluding hydrogens is 322 g/mol. The van der Waals surface area contributed by atoms with Gasteiger partial charge in [0.15, 0.2) is 0 Å². The van der Waals surface area contributed by atoms with E-state index in [1.807, 2.05) is 11.3 Å². The molecule has 0 aliphatic carbocycles. The monoisotopic (exact) mass is 339 g/mol. The topological polar surface area (TPSA) is 12.0 Å². The first-order valence-electron chi connectivity index (χ1n) is 8.45. The van der Waals surface area contributed by atoms with Crippen LogP contribution in [-0.4, -0.2) is 0 Å². The van der Waals surface area contributed by atoms with E-state index in [1.54, 1.807) is 0 Å². The molecule has 5 aromatic rings. The van der Waals surface area contributed by atoms with E-state index in [4.69, 9.17) is 0 Å². The summed E-state index contributed by atoms with van der Waals surface area (Å²) in [6.45, 7) is 2.11. The lowest BCUT2D eigenvalue weighted by Gasteiger charge is -2.07. The highest BCUT2D eigenvalue weighted by molar-refractivity contribution is 7.25. The fraction of sp³-hybridized carbons (Fsp3) is 0.0435. The molecule has 0 saturated carbocycles. The summed E-state index contributed by atoms with van der Waals surface area (Å²) in [4.78, 5) is 0. The third kappa shape index (κ3) is 2.55. The first-order valence-corrected chi connectivity index (χ1v) is 9.27. The van der Waals surface area contributed by atoms with Crippen LogP contribution in [0.5, 0.6) is 0 Å². The number of thiophene rings is 1. The number of hydrogen-bond donors (Lipinski definition) is 1. The van der Waals surface area contributed by atoms with Crippen LogP contribution >= 0.6 is 11.3 Å². The summed E-state index contributed by atoms with van der Waals surface area (Å²) in [6.07, 6.45) is 0. The number of rotatable bonds is 2. The van der Waals surface area contributed by atoms with Crippen LogP contribution in [0.2, 0.25) is 0 Å². The third-order valence-corrected chi connectivity index (χ3v) is 5.80. The fourth-order valence-corrected chi connectivity index (χ4v) is 4.52. The minimum atomic E-state index is 1.12. The van der Waals surface area contributed by atoms with E-state index in [-0.39, 0.29) is 0 Å². The Kier molecular flexibility index (Phi) is 3.25. The molecule has 120 valence electrons. The predicted octanol–water partition coefficient (Wildman–Crippen LogP) is 7.26. The summed E-state index contributed by atoms with van der Waals surface area (Å²) < 4.78 is 2.67. The van der Waals surface area contributed by atoms with Gasteiger partial charge in [-0.2, -0.15) is 0 Å². The van der Waals surface area contributed by atoms with Gasteiger partial charge in [0.2, 0.25) is 0 Å². The second-order valence-electron chi connectivity index (χ2n) is 6.50. The van der Waals surface area contributed by atoms with Crippen molar-refractivity contribution in [2.45, 2.75) is 6.92 Å². The van der Waals surface area contributed by atoms with Crippen molar-refractivity contribution in [2.24, 2.45) is 0 Å². The van der Waals surface area contributed by atoms with E-state index in [1.165, 1.54) is 36.5 Å². The van der Waals surface area contributed by atoms with Crippen molar-refractivity contribution in [2.75, 3.05) is 5.32 Å². The van der Waals surface area contributed by atoms with Gasteiger partial charge >= 0.3 is 0 Å².